The summed E-state index contributed by atoms with van der Waals surface area (Å²) in [5.41, 5.74) is -0.548. The Morgan fingerprint density at radius 2 is 2.33 bits per heavy atom. The zero-order valence-corrected chi connectivity index (χ0v) is 9.33. The van der Waals surface area contributed by atoms with Crippen LogP contribution in [0.2, 0.25) is 0 Å². The molecule has 0 aromatic carbocycles. The van der Waals surface area contributed by atoms with Gasteiger partial charge < -0.3 is 10.4 Å². The lowest BCUT2D eigenvalue weighted by atomic mass is 9.89. The first-order valence-electron chi connectivity index (χ1n) is 5.42. The standard InChI is InChI=1S/C11H20N2O2/c1-3-5-11(15)8-13(9-11)7-10(14)12-6-4-2/h4,15H,2-3,5-9H2,1H3,(H,12,14). The van der Waals surface area contributed by atoms with Crippen molar-refractivity contribution in [1.82, 2.24) is 10.2 Å². The molecule has 0 atom stereocenters. The highest BCUT2D eigenvalue weighted by Gasteiger charge is 2.40. The van der Waals surface area contributed by atoms with Gasteiger partial charge in [0, 0.05) is 19.6 Å². The smallest absolute Gasteiger partial charge is 0.234 e. The molecule has 1 rings (SSSR count). The second-order valence-corrected chi connectivity index (χ2v) is 4.21. The number of aliphatic hydroxyl groups is 1. The molecular weight excluding hydrogens is 192 g/mol. The fraction of sp³-hybridized carbons (Fsp3) is 0.727. The Labute approximate surface area is 91.0 Å². The lowest BCUT2D eigenvalue weighted by Crippen LogP contribution is -2.63. The van der Waals surface area contributed by atoms with E-state index in [0.717, 1.165) is 12.8 Å². The molecule has 1 heterocycles. The summed E-state index contributed by atoms with van der Waals surface area (Å²) in [6.07, 6.45) is 3.45. The van der Waals surface area contributed by atoms with Crippen LogP contribution in [0.4, 0.5) is 0 Å². The van der Waals surface area contributed by atoms with E-state index in [9.17, 15) is 9.90 Å². The summed E-state index contributed by atoms with van der Waals surface area (Å²) in [5, 5.41) is 12.6. The molecule has 0 aromatic rings. The van der Waals surface area contributed by atoms with Crippen LogP contribution in [-0.4, -0.2) is 47.7 Å². The molecule has 1 fully saturated rings. The number of rotatable bonds is 6. The summed E-state index contributed by atoms with van der Waals surface area (Å²) < 4.78 is 0. The van der Waals surface area contributed by atoms with Crippen molar-refractivity contribution in [3.63, 3.8) is 0 Å². The minimum atomic E-state index is -0.548. The van der Waals surface area contributed by atoms with Crippen molar-refractivity contribution in [2.24, 2.45) is 0 Å². The maximum Gasteiger partial charge on any atom is 0.234 e. The Morgan fingerprint density at radius 3 is 2.87 bits per heavy atom. The molecule has 1 aliphatic heterocycles. The summed E-state index contributed by atoms with van der Waals surface area (Å²) in [7, 11) is 0. The molecule has 0 aliphatic carbocycles. The van der Waals surface area contributed by atoms with E-state index in [0.29, 0.717) is 26.2 Å². The number of nitrogens with one attached hydrogen (secondary N) is 1. The van der Waals surface area contributed by atoms with Crippen LogP contribution < -0.4 is 5.32 Å². The van der Waals surface area contributed by atoms with Crippen LogP contribution in [-0.2, 0) is 4.79 Å². The number of carbonyl (C=O) groups excluding carboxylic acids is 1. The van der Waals surface area contributed by atoms with Gasteiger partial charge in [0.25, 0.3) is 0 Å². The van der Waals surface area contributed by atoms with Crippen molar-refractivity contribution >= 4 is 5.91 Å². The molecule has 4 nitrogen and oxygen atoms in total. The Bertz CT molecular complexity index is 235. The van der Waals surface area contributed by atoms with E-state index < -0.39 is 5.60 Å². The van der Waals surface area contributed by atoms with Crippen molar-refractivity contribution in [3.8, 4) is 0 Å². The van der Waals surface area contributed by atoms with Crippen LogP contribution in [0.25, 0.3) is 0 Å². The van der Waals surface area contributed by atoms with Gasteiger partial charge in [-0.15, -0.1) is 6.58 Å². The summed E-state index contributed by atoms with van der Waals surface area (Å²) in [5.74, 6) is -0.00607. The van der Waals surface area contributed by atoms with E-state index >= 15 is 0 Å². The summed E-state index contributed by atoms with van der Waals surface area (Å²) in [6, 6.07) is 0. The molecule has 86 valence electrons. The average Bonchev–Trinajstić information content (AvgIpc) is 2.12. The van der Waals surface area contributed by atoms with Gasteiger partial charge in [-0.05, 0) is 6.42 Å². The molecule has 0 radical (unpaired) electrons. The van der Waals surface area contributed by atoms with Gasteiger partial charge in [-0.1, -0.05) is 19.4 Å². The molecule has 2 N–H and O–H groups in total. The Kier molecular flexibility index (Phi) is 4.29. The Morgan fingerprint density at radius 1 is 1.67 bits per heavy atom. The molecule has 0 unspecified atom stereocenters. The van der Waals surface area contributed by atoms with E-state index in [1.807, 2.05) is 4.90 Å². The number of hydrogen-bond acceptors (Lipinski definition) is 3. The van der Waals surface area contributed by atoms with Gasteiger partial charge in [-0.3, -0.25) is 9.69 Å². The highest BCUT2D eigenvalue weighted by molar-refractivity contribution is 5.78. The summed E-state index contributed by atoms with van der Waals surface area (Å²) >= 11 is 0. The van der Waals surface area contributed by atoms with E-state index in [4.69, 9.17) is 0 Å². The van der Waals surface area contributed by atoms with Gasteiger partial charge in [-0.25, -0.2) is 0 Å². The predicted molar refractivity (Wildman–Crippen MR) is 59.5 cm³/mol. The number of β-amino-alcohol motifs (C(OH)–C–C–N with tert-alkyl or cyclic N) is 1. The molecular formula is C11H20N2O2. The normalized spacial score (nSPS) is 19.3. The summed E-state index contributed by atoms with van der Waals surface area (Å²) in [6.45, 7) is 7.69. The van der Waals surface area contributed by atoms with Crippen LogP contribution in [0, 0.1) is 0 Å². The van der Waals surface area contributed by atoms with Gasteiger partial charge in [0.05, 0.1) is 12.1 Å². The number of nitrogens with zero attached hydrogens (tertiary/aromatic N) is 1. The molecule has 1 amide bonds. The third kappa shape index (κ3) is 3.64. The molecule has 1 aliphatic rings. The molecule has 0 saturated carbocycles. The quantitative estimate of drug-likeness (QED) is 0.616. The zero-order chi connectivity index (χ0) is 11.3. The monoisotopic (exact) mass is 212 g/mol. The third-order valence-corrected chi connectivity index (χ3v) is 2.56. The van der Waals surface area contributed by atoms with Crippen molar-refractivity contribution in [3.05, 3.63) is 12.7 Å². The van der Waals surface area contributed by atoms with Crippen molar-refractivity contribution < 1.29 is 9.90 Å². The maximum atomic E-state index is 11.3. The molecule has 15 heavy (non-hydrogen) atoms. The topological polar surface area (TPSA) is 52.6 Å². The van der Waals surface area contributed by atoms with Crippen molar-refractivity contribution in [2.45, 2.75) is 25.4 Å². The maximum absolute atomic E-state index is 11.3. The zero-order valence-electron chi connectivity index (χ0n) is 9.33. The first-order chi connectivity index (χ1) is 7.09. The number of amides is 1. The van der Waals surface area contributed by atoms with E-state index in [2.05, 4.69) is 18.8 Å². The first-order valence-corrected chi connectivity index (χ1v) is 5.42. The van der Waals surface area contributed by atoms with Gasteiger partial charge in [0.2, 0.25) is 5.91 Å². The second-order valence-electron chi connectivity index (χ2n) is 4.21. The van der Waals surface area contributed by atoms with Gasteiger partial charge in [0.1, 0.15) is 0 Å². The number of carbonyl (C=O) groups is 1. The average molecular weight is 212 g/mol. The third-order valence-electron chi connectivity index (χ3n) is 2.56. The first kappa shape index (κ1) is 12.2. The van der Waals surface area contributed by atoms with Crippen molar-refractivity contribution in [1.29, 1.82) is 0 Å². The number of likely N-dealkylation sites (tertiary alicyclic amines) is 1. The second kappa shape index (κ2) is 5.28. The van der Waals surface area contributed by atoms with E-state index in [1.165, 1.54) is 0 Å². The largest absolute Gasteiger partial charge is 0.387 e. The minimum absolute atomic E-state index is 0.00607. The van der Waals surface area contributed by atoms with Crippen LogP contribution in [0.1, 0.15) is 19.8 Å². The fourth-order valence-electron chi connectivity index (χ4n) is 1.97. The highest BCUT2D eigenvalue weighted by Crippen LogP contribution is 2.24. The number of hydrogen-bond donors (Lipinski definition) is 2. The Balaban J connectivity index is 2.16. The highest BCUT2D eigenvalue weighted by atomic mass is 16.3. The Hall–Kier alpha value is -0.870. The van der Waals surface area contributed by atoms with Crippen molar-refractivity contribution in [2.75, 3.05) is 26.2 Å². The van der Waals surface area contributed by atoms with Crippen LogP contribution >= 0.6 is 0 Å². The summed E-state index contributed by atoms with van der Waals surface area (Å²) in [4.78, 5) is 13.2. The molecule has 0 bridgehead atoms. The molecule has 4 heteroatoms. The van der Waals surface area contributed by atoms with Gasteiger partial charge >= 0.3 is 0 Å². The van der Waals surface area contributed by atoms with E-state index in [-0.39, 0.29) is 5.91 Å². The molecule has 0 spiro atoms. The van der Waals surface area contributed by atoms with Crippen LogP contribution in [0.3, 0.4) is 0 Å². The molecule has 0 aromatic heterocycles. The van der Waals surface area contributed by atoms with Crippen LogP contribution in [0.15, 0.2) is 12.7 Å². The SMILES string of the molecule is C=CCNC(=O)CN1CC(O)(CCC)C1. The van der Waals surface area contributed by atoms with E-state index in [1.54, 1.807) is 6.08 Å². The van der Waals surface area contributed by atoms with Crippen LogP contribution in [0.5, 0.6) is 0 Å². The fourth-order valence-corrected chi connectivity index (χ4v) is 1.97. The lowest BCUT2D eigenvalue weighted by Gasteiger charge is -2.46. The lowest BCUT2D eigenvalue weighted by molar-refractivity contribution is -0.133. The minimum Gasteiger partial charge on any atom is -0.387 e. The van der Waals surface area contributed by atoms with Gasteiger partial charge in [0.15, 0.2) is 0 Å². The predicted octanol–water partition coefficient (Wildman–Crippen LogP) is 0.135. The van der Waals surface area contributed by atoms with Gasteiger partial charge in [-0.2, -0.15) is 0 Å². The molecule has 1 saturated heterocycles.